The molecule has 2 aromatic rings. The van der Waals surface area contributed by atoms with Crippen molar-refractivity contribution in [2.45, 2.75) is 45.1 Å². The summed E-state index contributed by atoms with van der Waals surface area (Å²) >= 11 is 1.23. The second-order valence-electron chi connectivity index (χ2n) is 8.04. The van der Waals surface area contributed by atoms with Crippen LogP contribution >= 0.6 is 11.9 Å². The van der Waals surface area contributed by atoms with Crippen LogP contribution in [0.1, 0.15) is 43.0 Å². The molecule has 2 amide bonds. The minimum absolute atomic E-state index is 0.0110. The highest BCUT2D eigenvalue weighted by molar-refractivity contribution is 7.97. The van der Waals surface area contributed by atoms with E-state index in [1.807, 2.05) is 18.2 Å². The molecular formula is C21H29N3O4S2. The van der Waals surface area contributed by atoms with Crippen molar-refractivity contribution in [1.29, 1.82) is 0 Å². The fourth-order valence-electron chi connectivity index (χ4n) is 2.69. The molecule has 0 saturated heterocycles. The Labute approximate surface area is 182 Å². The largest absolute Gasteiger partial charge is 0.392 e. The van der Waals surface area contributed by atoms with Gasteiger partial charge in [0.15, 0.2) is 0 Å². The van der Waals surface area contributed by atoms with Gasteiger partial charge in [0.1, 0.15) is 0 Å². The van der Waals surface area contributed by atoms with E-state index in [4.69, 9.17) is 0 Å². The summed E-state index contributed by atoms with van der Waals surface area (Å²) in [6, 6.07) is 12.6. The number of sulfonamides is 1. The second kappa shape index (κ2) is 10.2. The Hall–Kier alpha value is -2.23. The number of nitrogens with one attached hydrogen (secondary N) is 3. The molecule has 4 N–H and O–H groups in total. The summed E-state index contributed by atoms with van der Waals surface area (Å²) in [6.45, 7) is 6.57. The molecule has 0 spiro atoms. The smallest absolute Gasteiger partial charge is 0.325 e. The van der Waals surface area contributed by atoms with Crippen molar-refractivity contribution in [2.75, 3.05) is 11.0 Å². The number of rotatable bonds is 8. The van der Waals surface area contributed by atoms with Crippen molar-refractivity contribution in [2.24, 2.45) is 0 Å². The summed E-state index contributed by atoms with van der Waals surface area (Å²) in [5, 5.41) is 12.4. The van der Waals surface area contributed by atoms with Crippen LogP contribution in [0.4, 0.5) is 10.5 Å². The first-order chi connectivity index (χ1) is 14.0. The van der Waals surface area contributed by atoms with Gasteiger partial charge in [0.25, 0.3) is 0 Å². The molecule has 0 aliphatic rings. The molecule has 0 fully saturated rings. The third-order valence-corrected chi connectivity index (χ3v) is 5.76. The monoisotopic (exact) mass is 451 g/mol. The quantitative estimate of drug-likeness (QED) is 0.460. The van der Waals surface area contributed by atoms with Gasteiger partial charge >= 0.3 is 6.03 Å². The molecule has 0 bridgehead atoms. The summed E-state index contributed by atoms with van der Waals surface area (Å²) in [4.78, 5) is 12.1. The van der Waals surface area contributed by atoms with Crippen molar-refractivity contribution >= 4 is 33.7 Å². The molecule has 0 unspecified atom stereocenters. The van der Waals surface area contributed by atoms with Crippen LogP contribution in [-0.2, 0) is 34.3 Å². The van der Waals surface area contributed by atoms with Crippen LogP contribution in [0.2, 0.25) is 0 Å². The minimum Gasteiger partial charge on any atom is -0.392 e. The Kier molecular flexibility index (Phi) is 8.17. The molecule has 9 heteroatoms. The summed E-state index contributed by atoms with van der Waals surface area (Å²) in [7, 11) is -3.30. The number of hydrogen-bond donors (Lipinski definition) is 4. The van der Waals surface area contributed by atoms with Gasteiger partial charge in [0.05, 0.1) is 12.9 Å². The molecule has 7 nitrogen and oxygen atoms in total. The van der Waals surface area contributed by atoms with E-state index in [-0.39, 0.29) is 18.1 Å². The first-order valence-corrected chi connectivity index (χ1v) is 12.3. The van der Waals surface area contributed by atoms with Crippen LogP contribution in [0.15, 0.2) is 42.5 Å². The molecule has 30 heavy (non-hydrogen) atoms. The SMILES string of the molecule is CC(C)(C)c1ccc(CNC(=O)NSCc2ccc(NS(C)(=O)=O)cc2)c(CO)c1. The summed E-state index contributed by atoms with van der Waals surface area (Å²) < 4.78 is 27.6. The van der Waals surface area contributed by atoms with E-state index < -0.39 is 10.0 Å². The average molecular weight is 452 g/mol. The number of aliphatic hydroxyl groups excluding tert-OH is 1. The highest BCUT2D eigenvalue weighted by Gasteiger charge is 2.15. The zero-order chi connectivity index (χ0) is 22.4. The van der Waals surface area contributed by atoms with E-state index in [1.54, 1.807) is 24.3 Å². The van der Waals surface area contributed by atoms with E-state index in [0.29, 0.717) is 18.0 Å². The average Bonchev–Trinajstić information content (AvgIpc) is 2.65. The predicted molar refractivity (Wildman–Crippen MR) is 123 cm³/mol. The number of benzene rings is 2. The molecule has 2 rings (SSSR count). The van der Waals surface area contributed by atoms with Crippen molar-refractivity contribution < 1.29 is 18.3 Å². The maximum atomic E-state index is 12.1. The highest BCUT2D eigenvalue weighted by atomic mass is 32.2. The van der Waals surface area contributed by atoms with E-state index in [2.05, 4.69) is 35.5 Å². The van der Waals surface area contributed by atoms with Gasteiger partial charge in [-0.2, -0.15) is 0 Å². The number of urea groups is 1. The number of carbonyl (C=O) groups is 1. The highest BCUT2D eigenvalue weighted by Crippen LogP contribution is 2.24. The van der Waals surface area contributed by atoms with Gasteiger partial charge in [-0.25, -0.2) is 13.2 Å². The molecule has 0 saturated carbocycles. The molecular weight excluding hydrogens is 422 g/mol. The summed E-state index contributed by atoms with van der Waals surface area (Å²) in [6.07, 6.45) is 1.10. The number of carbonyl (C=O) groups excluding carboxylic acids is 1. The van der Waals surface area contributed by atoms with Crippen LogP contribution < -0.4 is 14.8 Å². The molecule has 164 valence electrons. The predicted octanol–water partition coefficient (Wildman–Crippen LogP) is 3.50. The Morgan fingerprint density at radius 1 is 1.07 bits per heavy atom. The Balaban J connectivity index is 1.81. The molecule has 2 aromatic carbocycles. The molecule has 0 atom stereocenters. The Morgan fingerprint density at radius 2 is 1.73 bits per heavy atom. The minimum atomic E-state index is -3.30. The van der Waals surface area contributed by atoms with Gasteiger partial charge in [-0.15, -0.1) is 0 Å². The lowest BCUT2D eigenvalue weighted by Gasteiger charge is -2.21. The van der Waals surface area contributed by atoms with Crippen LogP contribution in [-0.4, -0.2) is 25.8 Å². The van der Waals surface area contributed by atoms with Crippen LogP contribution in [0.3, 0.4) is 0 Å². The fraction of sp³-hybridized carbons (Fsp3) is 0.381. The van der Waals surface area contributed by atoms with E-state index in [9.17, 15) is 18.3 Å². The molecule has 0 aromatic heterocycles. The Bertz CT molecular complexity index is 969. The number of aliphatic hydroxyl groups is 1. The van der Waals surface area contributed by atoms with Crippen molar-refractivity contribution in [3.63, 3.8) is 0 Å². The van der Waals surface area contributed by atoms with Crippen molar-refractivity contribution in [3.05, 3.63) is 64.7 Å². The van der Waals surface area contributed by atoms with Crippen LogP contribution in [0.5, 0.6) is 0 Å². The van der Waals surface area contributed by atoms with Gasteiger partial charge in [-0.3, -0.25) is 9.44 Å². The maximum Gasteiger partial charge on any atom is 0.325 e. The number of hydrogen-bond acceptors (Lipinski definition) is 5. The lowest BCUT2D eigenvalue weighted by molar-refractivity contribution is 0.245. The van der Waals surface area contributed by atoms with Crippen molar-refractivity contribution in [1.82, 2.24) is 10.0 Å². The van der Waals surface area contributed by atoms with Crippen molar-refractivity contribution in [3.8, 4) is 0 Å². The fourth-order valence-corrected chi connectivity index (χ4v) is 3.89. The molecule has 0 aliphatic carbocycles. The molecule has 0 radical (unpaired) electrons. The lowest BCUT2D eigenvalue weighted by Crippen LogP contribution is -2.31. The van der Waals surface area contributed by atoms with Gasteiger partial charge < -0.3 is 10.4 Å². The van der Waals surface area contributed by atoms with E-state index in [1.165, 1.54) is 11.9 Å². The summed E-state index contributed by atoms with van der Waals surface area (Å²) in [5.41, 5.74) is 4.24. The third-order valence-electron chi connectivity index (χ3n) is 4.34. The Morgan fingerprint density at radius 3 is 2.30 bits per heavy atom. The van der Waals surface area contributed by atoms with Gasteiger partial charge in [-0.05, 0) is 51.7 Å². The van der Waals surface area contributed by atoms with Crippen LogP contribution in [0, 0.1) is 0 Å². The first kappa shape index (κ1) is 24.0. The van der Waals surface area contributed by atoms with Gasteiger partial charge in [0.2, 0.25) is 10.0 Å². The molecule has 0 aliphatic heterocycles. The molecule has 0 heterocycles. The standard InChI is InChI=1S/C21H29N3O4S2/c1-21(2,3)18-8-7-16(17(11-18)13-25)12-22-20(26)23-29-14-15-5-9-19(10-6-15)24-30(4,27)28/h5-11,24-25H,12-14H2,1-4H3,(H2,22,23,26). The number of anilines is 1. The first-order valence-electron chi connectivity index (χ1n) is 9.43. The summed E-state index contributed by atoms with van der Waals surface area (Å²) in [5.74, 6) is 0.536. The van der Waals surface area contributed by atoms with Gasteiger partial charge in [-0.1, -0.05) is 51.1 Å². The van der Waals surface area contributed by atoms with E-state index >= 15 is 0 Å². The zero-order valence-corrected chi connectivity index (χ0v) is 19.3. The zero-order valence-electron chi connectivity index (χ0n) is 17.7. The second-order valence-corrected chi connectivity index (χ2v) is 10.6. The maximum absolute atomic E-state index is 12.1. The van der Waals surface area contributed by atoms with E-state index in [0.717, 1.165) is 28.5 Å². The van der Waals surface area contributed by atoms with Gasteiger partial charge in [0, 0.05) is 18.0 Å². The lowest BCUT2D eigenvalue weighted by atomic mass is 9.85. The normalized spacial score (nSPS) is 11.8. The topological polar surface area (TPSA) is 108 Å². The third kappa shape index (κ3) is 7.89. The number of amides is 2. The van der Waals surface area contributed by atoms with Crippen LogP contribution in [0.25, 0.3) is 0 Å².